The highest BCUT2D eigenvalue weighted by Gasteiger charge is 2.22. The molecule has 1 amide bonds. The minimum Gasteiger partial charge on any atom is -0.493 e. The van der Waals surface area contributed by atoms with Crippen molar-refractivity contribution >= 4 is 16.8 Å². The average molecular weight is 583 g/mol. The Morgan fingerprint density at radius 2 is 1.95 bits per heavy atom. The first-order chi connectivity index (χ1) is 20.4. The minimum absolute atomic E-state index is 0.119. The van der Waals surface area contributed by atoms with Crippen molar-refractivity contribution in [1.29, 1.82) is 0 Å². The van der Waals surface area contributed by atoms with Gasteiger partial charge >= 0.3 is 0 Å². The monoisotopic (exact) mass is 582 g/mol. The first-order valence-electron chi connectivity index (χ1n) is 14.2. The maximum absolute atomic E-state index is 15.1. The molecule has 1 aromatic carbocycles. The van der Waals surface area contributed by atoms with Crippen LogP contribution in [0, 0.1) is 5.92 Å². The molecule has 224 valence electrons. The summed E-state index contributed by atoms with van der Waals surface area (Å²) in [6.45, 7) is 2.80. The van der Waals surface area contributed by atoms with Gasteiger partial charge in [0.05, 0.1) is 19.2 Å². The Hall–Kier alpha value is -3.80. The fourth-order valence-corrected chi connectivity index (χ4v) is 5.10. The van der Waals surface area contributed by atoms with Crippen molar-refractivity contribution in [2.75, 3.05) is 33.4 Å². The summed E-state index contributed by atoms with van der Waals surface area (Å²) in [6, 6.07) is 5.25. The standard InChI is InChI=1S/C31H36F2N4O5/c1-40-28-15-23-25(16-29(28)41-18-20-8-11-34-12-9-20)35-13-10-26(23)42-27-7-6-22(14-24(27)33)37-31(39)30(38)36-17-19-2-4-21(32)5-3-19/h2,4,10,13-16,20,30,34,36,38H,3,5-9,11-12,17-18H2,1H3,(H,37,39). The van der Waals surface area contributed by atoms with Crippen LogP contribution < -0.4 is 30.2 Å². The molecule has 5 rings (SSSR count). The number of amides is 1. The van der Waals surface area contributed by atoms with E-state index >= 15 is 4.39 Å². The summed E-state index contributed by atoms with van der Waals surface area (Å²) in [5.74, 6) is 0.612. The molecule has 0 saturated carbocycles. The number of nitrogens with one attached hydrogen (secondary N) is 3. The van der Waals surface area contributed by atoms with Crippen LogP contribution in [-0.4, -0.2) is 55.6 Å². The number of rotatable bonds is 11. The van der Waals surface area contributed by atoms with Gasteiger partial charge in [-0.15, -0.1) is 0 Å². The fourth-order valence-electron chi connectivity index (χ4n) is 5.10. The summed E-state index contributed by atoms with van der Waals surface area (Å²) in [7, 11) is 1.57. The summed E-state index contributed by atoms with van der Waals surface area (Å²) >= 11 is 0. The number of halogens is 2. The number of aromatic nitrogens is 1. The number of nitrogens with zero attached hydrogens (tertiary/aromatic N) is 1. The van der Waals surface area contributed by atoms with Gasteiger partial charge < -0.3 is 30.0 Å². The molecule has 1 atom stereocenters. The molecule has 2 heterocycles. The molecule has 1 unspecified atom stereocenters. The van der Waals surface area contributed by atoms with Crippen molar-refractivity contribution in [3.63, 3.8) is 0 Å². The van der Waals surface area contributed by atoms with Gasteiger partial charge in [0.2, 0.25) is 0 Å². The van der Waals surface area contributed by atoms with Gasteiger partial charge in [-0.05, 0) is 69.0 Å². The Morgan fingerprint density at radius 3 is 2.69 bits per heavy atom. The molecule has 1 aromatic heterocycles. The van der Waals surface area contributed by atoms with Crippen molar-refractivity contribution < 1.29 is 32.9 Å². The lowest BCUT2D eigenvalue weighted by molar-refractivity contribution is -0.130. The van der Waals surface area contributed by atoms with Gasteiger partial charge in [0, 0.05) is 42.7 Å². The Bertz CT molecular complexity index is 1430. The Morgan fingerprint density at radius 1 is 1.12 bits per heavy atom. The molecule has 1 fully saturated rings. The van der Waals surface area contributed by atoms with Gasteiger partial charge in [-0.2, -0.15) is 0 Å². The van der Waals surface area contributed by atoms with E-state index in [0.717, 1.165) is 31.5 Å². The molecule has 4 N–H and O–H groups in total. The van der Waals surface area contributed by atoms with E-state index in [1.54, 1.807) is 37.6 Å². The lowest BCUT2D eigenvalue weighted by Gasteiger charge is -2.23. The molecule has 0 spiro atoms. The van der Waals surface area contributed by atoms with Crippen molar-refractivity contribution in [1.82, 2.24) is 20.9 Å². The van der Waals surface area contributed by atoms with Crippen molar-refractivity contribution in [2.24, 2.45) is 5.92 Å². The van der Waals surface area contributed by atoms with Crippen LogP contribution in [0.25, 0.3) is 10.9 Å². The Balaban J connectivity index is 1.22. The predicted octanol–water partition coefficient (Wildman–Crippen LogP) is 4.46. The molecule has 42 heavy (non-hydrogen) atoms. The van der Waals surface area contributed by atoms with Crippen LogP contribution >= 0.6 is 0 Å². The van der Waals surface area contributed by atoms with Crippen molar-refractivity contribution in [3.8, 4) is 17.2 Å². The SMILES string of the molecule is COc1cc2c(OC3=C(F)C=C(NC(=O)C(O)NCC4=CC=C(F)CC4)CC3)ccnc2cc1OCC1CCNCC1. The molecule has 9 nitrogen and oxygen atoms in total. The molecule has 1 aliphatic heterocycles. The van der Waals surface area contributed by atoms with Crippen molar-refractivity contribution in [3.05, 3.63) is 71.3 Å². The predicted molar refractivity (Wildman–Crippen MR) is 154 cm³/mol. The average Bonchev–Trinajstić information content (AvgIpc) is 3.01. The van der Waals surface area contributed by atoms with E-state index in [1.807, 2.05) is 0 Å². The number of aliphatic hydroxyl groups excluding tert-OH is 1. The molecule has 0 radical (unpaired) electrons. The third-order valence-electron chi connectivity index (χ3n) is 7.58. The van der Waals surface area contributed by atoms with E-state index in [9.17, 15) is 14.3 Å². The number of carbonyl (C=O) groups excluding carboxylic acids is 1. The number of aliphatic hydroxyl groups is 1. The van der Waals surface area contributed by atoms with E-state index in [-0.39, 0.29) is 24.6 Å². The normalized spacial score (nSPS) is 18.6. The smallest absolute Gasteiger partial charge is 0.268 e. The van der Waals surface area contributed by atoms with Crippen LogP contribution in [0.1, 0.15) is 38.5 Å². The third-order valence-corrected chi connectivity index (χ3v) is 7.58. The number of carbonyl (C=O) groups is 1. The number of hydrogen-bond donors (Lipinski definition) is 4. The van der Waals surface area contributed by atoms with Crippen LogP contribution in [0.5, 0.6) is 17.2 Å². The Kier molecular flexibility index (Phi) is 9.83. The molecule has 0 bridgehead atoms. The number of pyridine rings is 1. The van der Waals surface area contributed by atoms with E-state index < -0.39 is 18.0 Å². The van der Waals surface area contributed by atoms with Crippen LogP contribution in [0.15, 0.2) is 71.3 Å². The number of piperidine rings is 1. The number of allylic oxidation sites excluding steroid dienone is 7. The van der Waals surface area contributed by atoms with E-state index in [1.165, 1.54) is 12.2 Å². The minimum atomic E-state index is -1.50. The third kappa shape index (κ3) is 7.53. The highest BCUT2D eigenvalue weighted by atomic mass is 19.1. The Labute approximate surface area is 243 Å². The number of ether oxygens (including phenoxy) is 3. The summed E-state index contributed by atoms with van der Waals surface area (Å²) < 4.78 is 45.9. The molecular weight excluding hydrogens is 546 g/mol. The number of benzene rings is 1. The molecule has 3 aliphatic rings. The van der Waals surface area contributed by atoms with E-state index in [4.69, 9.17) is 14.2 Å². The molecular formula is C31H36F2N4O5. The summed E-state index contributed by atoms with van der Waals surface area (Å²) in [4.78, 5) is 16.9. The molecule has 11 heteroatoms. The zero-order chi connectivity index (χ0) is 29.5. The second-order valence-corrected chi connectivity index (χ2v) is 10.6. The molecule has 2 aromatic rings. The van der Waals surface area contributed by atoms with Crippen LogP contribution in [0.4, 0.5) is 8.78 Å². The second kappa shape index (κ2) is 13.9. The van der Waals surface area contributed by atoms with E-state index in [2.05, 4.69) is 20.9 Å². The molecule has 2 aliphatic carbocycles. The first kappa shape index (κ1) is 29.7. The highest BCUT2D eigenvalue weighted by molar-refractivity contribution is 5.88. The largest absolute Gasteiger partial charge is 0.493 e. The zero-order valence-corrected chi connectivity index (χ0v) is 23.6. The maximum atomic E-state index is 15.1. The van der Waals surface area contributed by atoms with Gasteiger partial charge in [-0.3, -0.25) is 15.1 Å². The highest BCUT2D eigenvalue weighted by Crippen LogP contribution is 2.37. The van der Waals surface area contributed by atoms with Gasteiger partial charge in [-0.25, -0.2) is 8.78 Å². The zero-order valence-electron chi connectivity index (χ0n) is 23.6. The number of methoxy groups -OCH3 is 1. The summed E-state index contributed by atoms with van der Waals surface area (Å²) in [5, 5.41) is 19.4. The van der Waals surface area contributed by atoms with Crippen molar-refractivity contribution in [2.45, 2.75) is 44.8 Å². The lowest BCUT2D eigenvalue weighted by Crippen LogP contribution is -2.44. The van der Waals surface area contributed by atoms with Crippen LogP contribution in [0.3, 0.4) is 0 Å². The molecule has 1 saturated heterocycles. The van der Waals surface area contributed by atoms with E-state index in [0.29, 0.717) is 65.6 Å². The number of hydrogen-bond acceptors (Lipinski definition) is 8. The number of fused-ring (bicyclic) bond motifs is 1. The quantitative estimate of drug-likeness (QED) is 0.288. The first-order valence-corrected chi connectivity index (χ1v) is 14.2. The second-order valence-electron chi connectivity index (χ2n) is 10.6. The fraction of sp³-hybridized carbons (Fsp3) is 0.419. The van der Waals surface area contributed by atoms with Gasteiger partial charge in [0.15, 0.2) is 23.6 Å². The van der Waals surface area contributed by atoms with Crippen LogP contribution in [0.2, 0.25) is 0 Å². The van der Waals surface area contributed by atoms with Crippen LogP contribution in [-0.2, 0) is 4.79 Å². The topological polar surface area (TPSA) is 114 Å². The van der Waals surface area contributed by atoms with Gasteiger partial charge in [0.25, 0.3) is 5.91 Å². The van der Waals surface area contributed by atoms with Gasteiger partial charge in [0.1, 0.15) is 17.3 Å². The maximum Gasteiger partial charge on any atom is 0.268 e. The van der Waals surface area contributed by atoms with Gasteiger partial charge in [-0.1, -0.05) is 11.6 Å². The summed E-state index contributed by atoms with van der Waals surface area (Å²) in [6.07, 6.45) is 7.73. The lowest BCUT2D eigenvalue weighted by atomic mass is 9.99. The summed E-state index contributed by atoms with van der Waals surface area (Å²) in [5.41, 5.74) is 1.82.